The van der Waals surface area contributed by atoms with E-state index in [0.717, 1.165) is 46.3 Å². The number of hydrogen-bond donors (Lipinski definition) is 2. The second-order valence-corrected chi connectivity index (χ2v) is 9.41. The van der Waals surface area contributed by atoms with Crippen molar-refractivity contribution < 1.29 is 13.2 Å². The number of carbonyl (C=O) groups is 1. The van der Waals surface area contributed by atoms with E-state index in [1.165, 1.54) is 12.5 Å². The second-order valence-electron chi connectivity index (χ2n) is 7.64. The fourth-order valence-electron chi connectivity index (χ4n) is 3.95. The number of aryl methyl sites for hydroxylation is 3. The molecule has 2 N–H and O–H groups in total. The smallest absolute Gasteiger partial charge is 0.240 e. The van der Waals surface area contributed by atoms with Gasteiger partial charge in [-0.15, -0.1) is 0 Å². The minimum atomic E-state index is -3.65. The fraction of sp³-hybridized carbons (Fsp3) is 0.318. The van der Waals surface area contributed by atoms with Crippen LogP contribution in [0, 0.1) is 13.8 Å². The summed E-state index contributed by atoms with van der Waals surface area (Å²) in [7, 11) is -3.65. The number of hydrogen-bond acceptors (Lipinski definition) is 3. The quantitative estimate of drug-likeness (QED) is 0.689. The third-order valence-corrected chi connectivity index (χ3v) is 7.10. The van der Waals surface area contributed by atoms with E-state index < -0.39 is 10.0 Å². The number of aromatic nitrogens is 1. The lowest BCUT2D eigenvalue weighted by molar-refractivity contribution is -0.116. The van der Waals surface area contributed by atoms with Crippen molar-refractivity contribution in [1.82, 2.24) is 9.71 Å². The number of nitrogens with one attached hydrogen (secondary N) is 2. The van der Waals surface area contributed by atoms with E-state index in [0.29, 0.717) is 6.54 Å². The molecule has 2 aromatic carbocycles. The van der Waals surface area contributed by atoms with Gasteiger partial charge in [0.25, 0.3) is 0 Å². The topological polar surface area (TPSA) is 82.3 Å². The average molecular weight is 412 g/mol. The van der Waals surface area contributed by atoms with Crippen LogP contribution in [0.15, 0.2) is 41.3 Å². The van der Waals surface area contributed by atoms with E-state index in [2.05, 4.69) is 16.6 Å². The lowest BCUT2D eigenvalue weighted by Crippen LogP contribution is -2.33. The molecule has 0 radical (unpaired) electrons. The van der Waals surface area contributed by atoms with Crippen molar-refractivity contribution >= 4 is 32.5 Å². The van der Waals surface area contributed by atoms with Gasteiger partial charge < -0.3 is 9.88 Å². The Kier molecular flexibility index (Phi) is 4.96. The summed E-state index contributed by atoms with van der Waals surface area (Å²) in [6, 6.07) is 10.9. The SMILES string of the molecule is CC(=O)N1CCCc2cc(S(=O)(=O)NCc3ccc4[nH]c(C)c(C)c4c3)ccc21. The van der Waals surface area contributed by atoms with Crippen LogP contribution in [0.2, 0.25) is 0 Å². The van der Waals surface area contributed by atoms with Gasteiger partial charge in [0.05, 0.1) is 4.90 Å². The molecular weight excluding hydrogens is 386 g/mol. The molecule has 0 fully saturated rings. The van der Waals surface area contributed by atoms with Gasteiger partial charge in [-0.2, -0.15) is 0 Å². The first kappa shape index (κ1) is 19.7. The molecular formula is C22H25N3O3S. The summed E-state index contributed by atoms with van der Waals surface area (Å²) in [4.78, 5) is 17.1. The van der Waals surface area contributed by atoms with Gasteiger partial charge in [0, 0.05) is 42.3 Å². The molecule has 0 spiro atoms. The van der Waals surface area contributed by atoms with Crippen LogP contribution in [-0.2, 0) is 27.8 Å². The molecule has 2 heterocycles. The number of anilines is 1. The molecule has 1 aliphatic rings. The van der Waals surface area contributed by atoms with E-state index in [4.69, 9.17) is 0 Å². The first-order chi connectivity index (χ1) is 13.8. The number of amides is 1. The number of rotatable bonds is 4. The fourth-order valence-corrected chi connectivity index (χ4v) is 5.02. The minimum Gasteiger partial charge on any atom is -0.358 e. The number of carbonyl (C=O) groups excluding carboxylic acids is 1. The zero-order valence-corrected chi connectivity index (χ0v) is 17.7. The summed E-state index contributed by atoms with van der Waals surface area (Å²) in [6.07, 6.45) is 1.60. The Hall–Kier alpha value is -2.64. The number of fused-ring (bicyclic) bond motifs is 2. The number of benzene rings is 2. The third kappa shape index (κ3) is 3.68. The first-order valence-electron chi connectivity index (χ1n) is 9.75. The van der Waals surface area contributed by atoms with Crippen LogP contribution in [0.5, 0.6) is 0 Å². The molecule has 7 heteroatoms. The highest BCUT2D eigenvalue weighted by Gasteiger charge is 2.23. The van der Waals surface area contributed by atoms with E-state index in [-0.39, 0.29) is 17.3 Å². The number of aromatic amines is 1. The number of H-pyrrole nitrogens is 1. The Morgan fingerprint density at radius 1 is 1.17 bits per heavy atom. The van der Waals surface area contributed by atoms with Crippen LogP contribution in [0.1, 0.15) is 35.7 Å². The maximum atomic E-state index is 12.8. The van der Waals surface area contributed by atoms with E-state index >= 15 is 0 Å². The molecule has 6 nitrogen and oxygen atoms in total. The molecule has 3 aromatic rings. The Labute approximate surface area is 171 Å². The summed E-state index contributed by atoms with van der Waals surface area (Å²) in [5.74, 6) is -0.0228. The highest BCUT2D eigenvalue weighted by atomic mass is 32.2. The average Bonchev–Trinajstić information content (AvgIpc) is 2.99. The standard InChI is InChI=1S/C22H25N3O3S/c1-14-15(2)24-21-8-6-17(11-20(14)21)13-23-29(27,28)19-7-9-22-18(12-19)5-4-10-25(22)16(3)26/h6-9,11-12,23-24H,4-5,10,13H2,1-3H3. The molecule has 1 aliphatic heterocycles. The van der Waals surface area contributed by atoms with Crippen molar-refractivity contribution in [2.24, 2.45) is 0 Å². The van der Waals surface area contributed by atoms with Gasteiger partial charge in [-0.1, -0.05) is 6.07 Å². The summed E-state index contributed by atoms with van der Waals surface area (Å²) < 4.78 is 28.4. The van der Waals surface area contributed by atoms with Crippen molar-refractivity contribution in [2.75, 3.05) is 11.4 Å². The van der Waals surface area contributed by atoms with E-state index in [9.17, 15) is 13.2 Å². The lowest BCUT2D eigenvalue weighted by Gasteiger charge is -2.28. The summed E-state index contributed by atoms with van der Waals surface area (Å²) in [6.45, 7) is 6.51. The molecule has 152 valence electrons. The highest BCUT2D eigenvalue weighted by molar-refractivity contribution is 7.89. The number of nitrogens with zero attached hydrogens (tertiary/aromatic N) is 1. The third-order valence-electron chi connectivity index (χ3n) is 5.70. The van der Waals surface area contributed by atoms with Gasteiger partial charge in [-0.05, 0) is 73.7 Å². The Morgan fingerprint density at radius 3 is 2.72 bits per heavy atom. The van der Waals surface area contributed by atoms with Gasteiger partial charge in [0.2, 0.25) is 15.9 Å². The maximum Gasteiger partial charge on any atom is 0.240 e. The van der Waals surface area contributed by atoms with Crippen molar-refractivity contribution in [3.63, 3.8) is 0 Å². The van der Waals surface area contributed by atoms with E-state index in [1.807, 2.05) is 25.1 Å². The molecule has 0 atom stereocenters. The van der Waals surface area contributed by atoms with Crippen molar-refractivity contribution in [3.05, 3.63) is 58.8 Å². The molecule has 1 aromatic heterocycles. The van der Waals surface area contributed by atoms with Crippen molar-refractivity contribution in [2.45, 2.75) is 45.1 Å². The Morgan fingerprint density at radius 2 is 1.97 bits per heavy atom. The summed E-state index contributed by atoms with van der Waals surface area (Å²) in [5.41, 5.74) is 5.96. The Balaban J connectivity index is 1.56. The predicted molar refractivity (Wildman–Crippen MR) is 115 cm³/mol. The second kappa shape index (κ2) is 7.31. The van der Waals surface area contributed by atoms with E-state index in [1.54, 1.807) is 23.1 Å². The maximum absolute atomic E-state index is 12.8. The van der Waals surface area contributed by atoms with Crippen LogP contribution < -0.4 is 9.62 Å². The molecule has 0 saturated heterocycles. The molecule has 4 rings (SSSR count). The lowest BCUT2D eigenvalue weighted by atomic mass is 10.0. The zero-order valence-electron chi connectivity index (χ0n) is 16.9. The van der Waals surface area contributed by atoms with Gasteiger partial charge in [-0.3, -0.25) is 4.79 Å². The number of sulfonamides is 1. The highest BCUT2D eigenvalue weighted by Crippen LogP contribution is 2.29. The summed E-state index contributed by atoms with van der Waals surface area (Å²) >= 11 is 0. The summed E-state index contributed by atoms with van der Waals surface area (Å²) in [5, 5.41) is 1.11. The van der Waals surface area contributed by atoms with Gasteiger partial charge in [-0.25, -0.2) is 13.1 Å². The predicted octanol–water partition coefficient (Wildman–Crippen LogP) is 3.56. The normalized spacial score (nSPS) is 14.2. The van der Waals surface area contributed by atoms with Crippen LogP contribution >= 0.6 is 0 Å². The van der Waals surface area contributed by atoms with Gasteiger partial charge in [0.15, 0.2) is 0 Å². The monoisotopic (exact) mass is 411 g/mol. The van der Waals surface area contributed by atoms with Crippen LogP contribution in [0.3, 0.4) is 0 Å². The van der Waals surface area contributed by atoms with Crippen LogP contribution in [0.25, 0.3) is 10.9 Å². The molecule has 0 aliphatic carbocycles. The van der Waals surface area contributed by atoms with Crippen LogP contribution in [0.4, 0.5) is 5.69 Å². The molecule has 1 amide bonds. The van der Waals surface area contributed by atoms with Crippen molar-refractivity contribution in [1.29, 1.82) is 0 Å². The largest absolute Gasteiger partial charge is 0.358 e. The van der Waals surface area contributed by atoms with Gasteiger partial charge in [0.1, 0.15) is 0 Å². The first-order valence-corrected chi connectivity index (χ1v) is 11.2. The minimum absolute atomic E-state index is 0.0228. The molecule has 0 saturated carbocycles. The molecule has 0 unspecified atom stereocenters. The van der Waals surface area contributed by atoms with Gasteiger partial charge >= 0.3 is 0 Å². The van der Waals surface area contributed by atoms with Crippen molar-refractivity contribution in [3.8, 4) is 0 Å². The zero-order chi connectivity index (χ0) is 20.8. The van der Waals surface area contributed by atoms with Crippen LogP contribution in [-0.4, -0.2) is 25.9 Å². The Bertz CT molecular complexity index is 1210. The molecule has 29 heavy (non-hydrogen) atoms. The molecule has 0 bridgehead atoms.